The number of benzene rings is 3. The van der Waals surface area contributed by atoms with Crippen molar-refractivity contribution in [3.63, 3.8) is 0 Å². The number of aromatic carboxylic acids is 1. The summed E-state index contributed by atoms with van der Waals surface area (Å²) in [6, 6.07) is 15.5. The van der Waals surface area contributed by atoms with Gasteiger partial charge in [0.15, 0.2) is 5.75 Å². The van der Waals surface area contributed by atoms with E-state index in [1.165, 1.54) is 42.5 Å². The summed E-state index contributed by atoms with van der Waals surface area (Å²) >= 11 is 0. The van der Waals surface area contributed by atoms with E-state index in [2.05, 4.69) is 5.32 Å². The first-order chi connectivity index (χ1) is 14.9. The summed E-state index contributed by atoms with van der Waals surface area (Å²) in [6.07, 6.45) is 0. The Labute approximate surface area is 177 Å². The van der Waals surface area contributed by atoms with Gasteiger partial charge in [0.25, 0.3) is 5.91 Å². The summed E-state index contributed by atoms with van der Waals surface area (Å²) < 4.78 is 23.7. The third kappa shape index (κ3) is 5.24. The summed E-state index contributed by atoms with van der Waals surface area (Å²) in [4.78, 5) is 36.0. The molecule has 0 aliphatic carbocycles. The summed E-state index contributed by atoms with van der Waals surface area (Å²) in [6.45, 7) is 1.73. The fourth-order valence-corrected chi connectivity index (χ4v) is 2.73. The van der Waals surface area contributed by atoms with Gasteiger partial charge < -0.3 is 19.9 Å². The van der Waals surface area contributed by atoms with Gasteiger partial charge in [-0.25, -0.2) is 14.0 Å². The van der Waals surface area contributed by atoms with E-state index in [0.717, 1.165) is 0 Å². The number of rotatable bonds is 7. The molecule has 3 aromatic rings. The number of ether oxygens (including phenoxy) is 2. The van der Waals surface area contributed by atoms with Crippen LogP contribution in [-0.2, 0) is 4.74 Å². The van der Waals surface area contributed by atoms with Crippen molar-refractivity contribution in [1.82, 2.24) is 0 Å². The Balaban J connectivity index is 1.85. The van der Waals surface area contributed by atoms with E-state index in [1.807, 2.05) is 0 Å². The van der Waals surface area contributed by atoms with Crippen molar-refractivity contribution < 1.29 is 33.4 Å². The van der Waals surface area contributed by atoms with Crippen LogP contribution in [0.4, 0.5) is 10.1 Å². The van der Waals surface area contributed by atoms with Crippen molar-refractivity contribution in [2.75, 3.05) is 11.9 Å². The molecule has 3 aromatic carbocycles. The maximum absolute atomic E-state index is 13.1. The highest BCUT2D eigenvalue weighted by Crippen LogP contribution is 2.31. The fraction of sp³-hybridized carbons (Fsp3) is 0.0870. The van der Waals surface area contributed by atoms with E-state index in [-0.39, 0.29) is 34.8 Å². The van der Waals surface area contributed by atoms with Crippen LogP contribution in [0.5, 0.6) is 11.5 Å². The molecule has 2 N–H and O–H groups in total. The number of halogens is 1. The number of nitrogens with one attached hydrogen (secondary N) is 1. The first-order valence-electron chi connectivity index (χ1n) is 9.27. The van der Waals surface area contributed by atoms with Crippen molar-refractivity contribution >= 4 is 23.5 Å². The number of carbonyl (C=O) groups is 3. The zero-order valence-electron chi connectivity index (χ0n) is 16.4. The second kappa shape index (κ2) is 9.53. The quantitative estimate of drug-likeness (QED) is 0.532. The minimum absolute atomic E-state index is 0.0976. The van der Waals surface area contributed by atoms with E-state index >= 15 is 0 Å². The first kappa shape index (κ1) is 21.5. The van der Waals surface area contributed by atoms with Crippen LogP contribution in [0.1, 0.15) is 38.0 Å². The molecule has 0 atom stereocenters. The maximum Gasteiger partial charge on any atom is 0.339 e. The molecular weight excluding hydrogens is 405 g/mol. The molecule has 0 radical (unpaired) electrons. The molecule has 0 saturated carbocycles. The predicted molar refractivity (Wildman–Crippen MR) is 110 cm³/mol. The van der Waals surface area contributed by atoms with Crippen LogP contribution >= 0.6 is 0 Å². The molecule has 7 nitrogen and oxygen atoms in total. The zero-order valence-corrected chi connectivity index (χ0v) is 16.4. The van der Waals surface area contributed by atoms with Crippen molar-refractivity contribution in [2.24, 2.45) is 0 Å². The van der Waals surface area contributed by atoms with Crippen LogP contribution in [0.15, 0.2) is 66.7 Å². The molecule has 0 heterocycles. The molecule has 0 unspecified atom stereocenters. The monoisotopic (exact) mass is 423 g/mol. The average Bonchev–Trinajstić information content (AvgIpc) is 2.75. The van der Waals surface area contributed by atoms with Crippen LogP contribution in [0.3, 0.4) is 0 Å². The smallest absolute Gasteiger partial charge is 0.339 e. The highest BCUT2D eigenvalue weighted by Gasteiger charge is 2.19. The second-order valence-corrected chi connectivity index (χ2v) is 6.29. The van der Waals surface area contributed by atoms with E-state index in [9.17, 15) is 23.9 Å². The lowest BCUT2D eigenvalue weighted by atomic mass is 10.1. The fourth-order valence-electron chi connectivity index (χ4n) is 2.73. The number of amides is 1. The Kier molecular flexibility index (Phi) is 6.61. The minimum Gasteiger partial charge on any atom is -0.478 e. The summed E-state index contributed by atoms with van der Waals surface area (Å²) in [5, 5.41) is 12.1. The largest absolute Gasteiger partial charge is 0.478 e. The lowest BCUT2D eigenvalue weighted by molar-refractivity contribution is 0.0514. The van der Waals surface area contributed by atoms with Crippen LogP contribution in [0, 0.1) is 5.82 Å². The van der Waals surface area contributed by atoms with Gasteiger partial charge in [0.2, 0.25) is 0 Å². The molecule has 158 valence electrons. The highest BCUT2D eigenvalue weighted by molar-refractivity contribution is 6.05. The summed E-state index contributed by atoms with van der Waals surface area (Å²) in [5.74, 6) is -2.60. The van der Waals surface area contributed by atoms with Crippen molar-refractivity contribution in [3.8, 4) is 11.5 Å². The molecule has 0 spiro atoms. The Bertz CT molecular complexity index is 1130. The molecule has 0 fully saturated rings. The van der Waals surface area contributed by atoms with E-state index in [4.69, 9.17) is 9.47 Å². The normalized spacial score (nSPS) is 10.3. The summed E-state index contributed by atoms with van der Waals surface area (Å²) in [7, 11) is 0. The van der Waals surface area contributed by atoms with E-state index in [0.29, 0.717) is 5.69 Å². The van der Waals surface area contributed by atoms with Gasteiger partial charge in [-0.05, 0) is 61.5 Å². The third-order valence-corrected chi connectivity index (χ3v) is 4.19. The Morgan fingerprint density at radius 3 is 2.35 bits per heavy atom. The number of anilines is 1. The second-order valence-electron chi connectivity index (χ2n) is 6.29. The van der Waals surface area contributed by atoms with Gasteiger partial charge in [-0.15, -0.1) is 0 Å². The molecule has 0 aliphatic heterocycles. The van der Waals surface area contributed by atoms with Gasteiger partial charge in [-0.3, -0.25) is 4.79 Å². The van der Waals surface area contributed by atoms with Crippen LogP contribution in [-0.4, -0.2) is 29.6 Å². The molecule has 0 saturated heterocycles. The number of carboxylic acid groups (broad SMARTS) is 1. The number of hydrogen-bond acceptors (Lipinski definition) is 5. The highest BCUT2D eigenvalue weighted by atomic mass is 19.1. The third-order valence-electron chi connectivity index (χ3n) is 4.19. The number of hydrogen-bond donors (Lipinski definition) is 2. The van der Waals surface area contributed by atoms with E-state index in [1.54, 1.807) is 31.2 Å². The lowest BCUT2D eigenvalue weighted by Gasteiger charge is -2.13. The average molecular weight is 423 g/mol. The molecule has 1 amide bonds. The molecule has 3 rings (SSSR count). The Hall–Kier alpha value is -4.20. The maximum atomic E-state index is 13.1. The SMILES string of the molecule is CCOC(=O)c1ccc(Oc2ccccc2NC(=O)c2ccc(F)cc2)cc1C(=O)O. The van der Waals surface area contributed by atoms with Gasteiger partial charge in [-0.1, -0.05) is 12.1 Å². The van der Waals surface area contributed by atoms with Gasteiger partial charge in [-0.2, -0.15) is 0 Å². The number of carboxylic acids is 1. The molecule has 0 aliphatic rings. The molecular formula is C23H18FNO6. The molecule has 8 heteroatoms. The first-order valence-corrected chi connectivity index (χ1v) is 9.27. The number of esters is 1. The van der Waals surface area contributed by atoms with Crippen molar-refractivity contribution in [1.29, 1.82) is 0 Å². The van der Waals surface area contributed by atoms with Crippen LogP contribution in [0.2, 0.25) is 0 Å². The predicted octanol–water partition coefficient (Wildman–Crippen LogP) is 4.75. The van der Waals surface area contributed by atoms with Crippen LogP contribution < -0.4 is 10.1 Å². The van der Waals surface area contributed by atoms with Gasteiger partial charge in [0, 0.05) is 5.56 Å². The molecule has 31 heavy (non-hydrogen) atoms. The van der Waals surface area contributed by atoms with Crippen molar-refractivity contribution in [2.45, 2.75) is 6.92 Å². The van der Waals surface area contributed by atoms with Crippen LogP contribution in [0.25, 0.3) is 0 Å². The molecule has 0 bridgehead atoms. The lowest BCUT2D eigenvalue weighted by Crippen LogP contribution is -2.13. The Morgan fingerprint density at radius 2 is 1.68 bits per heavy atom. The zero-order chi connectivity index (χ0) is 22.4. The van der Waals surface area contributed by atoms with Gasteiger partial charge in [0.05, 0.1) is 23.4 Å². The van der Waals surface area contributed by atoms with Gasteiger partial charge in [0.1, 0.15) is 11.6 Å². The van der Waals surface area contributed by atoms with Crippen molar-refractivity contribution in [3.05, 3.63) is 89.2 Å². The van der Waals surface area contributed by atoms with E-state index < -0.39 is 23.7 Å². The molecule has 0 aromatic heterocycles. The minimum atomic E-state index is -1.31. The Morgan fingerprint density at radius 1 is 0.968 bits per heavy atom. The summed E-state index contributed by atoms with van der Waals surface area (Å²) in [5.41, 5.74) is 0.203. The number of carbonyl (C=O) groups excluding carboxylic acids is 2. The number of para-hydroxylation sites is 2. The van der Waals surface area contributed by atoms with Gasteiger partial charge >= 0.3 is 11.9 Å². The topological polar surface area (TPSA) is 102 Å². The standard InChI is InChI=1S/C23H18FNO6/c1-2-30-23(29)17-12-11-16(13-18(17)22(27)28)31-20-6-4-3-5-19(20)25-21(26)14-7-9-15(24)10-8-14/h3-13H,2H2,1H3,(H,25,26)(H,27,28).